The summed E-state index contributed by atoms with van der Waals surface area (Å²) in [5.74, 6) is -0.333. The number of carbonyl (C=O) groups excluding carboxylic acids is 1. The number of amides is 1. The summed E-state index contributed by atoms with van der Waals surface area (Å²) < 4.78 is 1.30. The van der Waals surface area contributed by atoms with E-state index in [-0.39, 0.29) is 23.2 Å². The molecule has 1 saturated carbocycles. The van der Waals surface area contributed by atoms with Crippen molar-refractivity contribution in [3.63, 3.8) is 0 Å². The normalized spacial score (nSPS) is 22.5. The summed E-state index contributed by atoms with van der Waals surface area (Å²) in [6, 6.07) is 2.57. The van der Waals surface area contributed by atoms with Crippen LogP contribution in [-0.2, 0) is 6.54 Å². The van der Waals surface area contributed by atoms with Crippen molar-refractivity contribution in [1.29, 1.82) is 0 Å². The van der Waals surface area contributed by atoms with Gasteiger partial charge in [-0.15, -0.1) is 0 Å². The summed E-state index contributed by atoms with van der Waals surface area (Å²) in [5, 5.41) is 16.7. The summed E-state index contributed by atoms with van der Waals surface area (Å²) in [5.41, 5.74) is 0.0110. The van der Waals surface area contributed by atoms with E-state index in [1.807, 2.05) is 6.92 Å². The van der Waals surface area contributed by atoms with Crippen LogP contribution in [0.3, 0.4) is 0 Å². The fourth-order valence-electron chi connectivity index (χ4n) is 2.46. The maximum absolute atomic E-state index is 12.1. The van der Waals surface area contributed by atoms with Crippen LogP contribution in [0.2, 0.25) is 0 Å². The van der Waals surface area contributed by atoms with E-state index in [0.717, 1.165) is 25.7 Å². The molecule has 0 radical (unpaired) electrons. The Kier molecular flexibility index (Phi) is 4.89. The van der Waals surface area contributed by atoms with Gasteiger partial charge in [0.2, 0.25) is 0 Å². The molecule has 0 bridgehead atoms. The molecule has 6 heteroatoms. The van der Waals surface area contributed by atoms with Crippen molar-refractivity contribution in [2.75, 3.05) is 0 Å². The van der Waals surface area contributed by atoms with Gasteiger partial charge in [0.15, 0.2) is 0 Å². The van der Waals surface area contributed by atoms with Crippen molar-refractivity contribution >= 4 is 5.91 Å². The van der Waals surface area contributed by atoms with Crippen molar-refractivity contribution < 1.29 is 9.90 Å². The maximum Gasteiger partial charge on any atom is 0.272 e. The smallest absolute Gasteiger partial charge is 0.272 e. The molecule has 0 aliphatic heterocycles. The van der Waals surface area contributed by atoms with Gasteiger partial charge >= 0.3 is 0 Å². The van der Waals surface area contributed by atoms with E-state index >= 15 is 0 Å². The molecule has 1 amide bonds. The minimum absolute atomic E-state index is 0.207. The molecule has 110 valence electrons. The monoisotopic (exact) mass is 279 g/mol. The maximum atomic E-state index is 12.1. The van der Waals surface area contributed by atoms with Gasteiger partial charge in [-0.1, -0.05) is 19.8 Å². The molecule has 1 heterocycles. The first kappa shape index (κ1) is 14.7. The molecule has 0 saturated heterocycles. The summed E-state index contributed by atoms with van der Waals surface area (Å²) in [6.45, 7) is 2.44. The topological polar surface area (TPSA) is 84.2 Å². The molecule has 2 N–H and O–H groups in total. The number of nitrogens with zero attached hydrogens (tertiary/aromatic N) is 2. The lowest BCUT2D eigenvalue weighted by atomic mass is 9.92. The molecule has 2 atom stereocenters. The van der Waals surface area contributed by atoms with Gasteiger partial charge in [0, 0.05) is 12.6 Å². The lowest BCUT2D eigenvalue weighted by Crippen LogP contribution is -2.45. The second-order valence-electron chi connectivity index (χ2n) is 5.21. The Morgan fingerprint density at radius 1 is 1.45 bits per heavy atom. The summed E-state index contributed by atoms with van der Waals surface area (Å²) in [4.78, 5) is 23.7. The van der Waals surface area contributed by atoms with E-state index in [9.17, 15) is 14.7 Å². The van der Waals surface area contributed by atoms with Gasteiger partial charge in [0.1, 0.15) is 5.69 Å². The number of hydrogen-bond acceptors (Lipinski definition) is 4. The molecule has 0 aromatic carbocycles. The third-order valence-electron chi connectivity index (χ3n) is 3.58. The van der Waals surface area contributed by atoms with E-state index in [0.29, 0.717) is 13.0 Å². The standard InChI is InChI=1S/C14H21N3O3/c1-2-9-17-13(19)8-7-11(16-17)14(20)15-10-5-3-4-6-12(10)18/h7-8,10,12,18H,2-6,9H2,1H3,(H,15,20)/t10-,12-/m0/s1. The number of aryl methyl sites for hydroxylation is 1. The molecular formula is C14H21N3O3. The minimum atomic E-state index is -0.491. The summed E-state index contributed by atoms with van der Waals surface area (Å²) >= 11 is 0. The highest BCUT2D eigenvalue weighted by atomic mass is 16.3. The van der Waals surface area contributed by atoms with Gasteiger partial charge in [-0.2, -0.15) is 5.10 Å². The second kappa shape index (κ2) is 6.65. The first-order valence-electron chi connectivity index (χ1n) is 7.19. The first-order chi connectivity index (χ1) is 9.61. The molecule has 0 unspecified atom stereocenters. The highest BCUT2D eigenvalue weighted by Gasteiger charge is 2.25. The molecule has 20 heavy (non-hydrogen) atoms. The molecule has 1 aromatic rings. The van der Waals surface area contributed by atoms with E-state index < -0.39 is 6.10 Å². The third-order valence-corrected chi connectivity index (χ3v) is 3.58. The zero-order valence-electron chi connectivity index (χ0n) is 11.7. The van der Waals surface area contributed by atoms with Crippen LogP contribution in [0.5, 0.6) is 0 Å². The molecule has 2 rings (SSSR count). The Morgan fingerprint density at radius 3 is 2.90 bits per heavy atom. The first-order valence-corrected chi connectivity index (χ1v) is 7.19. The van der Waals surface area contributed by atoms with Crippen molar-refractivity contribution in [3.8, 4) is 0 Å². The SMILES string of the molecule is CCCn1nc(C(=O)N[C@H]2CCCC[C@@H]2O)ccc1=O. The van der Waals surface area contributed by atoms with Crippen LogP contribution in [0.25, 0.3) is 0 Å². The van der Waals surface area contributed by atoms with Gasteiger partial charge in [-0.25, -0.2) is 4.68 Å². The Bertz CT molecular complexity index is 527. The minimum Gasteiger partial charge on any atom is -0.391 e. The van der Waals surface area contributed by atoms with Crippen LogP contribution in [-0.4, -0.2) is 32.9 Å². The second-order valence-corrected chi connectivity index (χ2v) is 5.21. The number of aliphatic hydroxyl groups is 1. The van der Waals surface area contributed by atoms with Crippen LogP contribution in [0.15, 0.2) is 16.9 Å². The lowest BCUT2D eigenvalue weighted by molar-refractivity contribution is 0.0712. The fraction of sp³-hybridized carbons (Fsp3) is 0.643. The molecule has 1 aliphatic rings. The largest absolute Gasteiger partial charge is 0.391 e. The Balaban J connectivity index is 2.08. The average Bonchev–Trinajstić information content (AvgIpc) is 2.44. The molecule has 1 fully saturated rings. The van der Waals surface area contributed by atoms with Gasteiger partial charge in [0.25, 0.3) is 11.5 Å². The fourth-order valence-corrected chi connectivity index (χ4v) is 2.46. The number of carbonyl (C=O) groups is 1. The molecule has 0 spiro atoms. The van der Waals surface area contributed by atoms with Gasteiger partial charge in [-0.3, -0.25) is 9.59 Å². The summed E-state index contributed by atoms with van der Waals surface area (Å²) in [6.07, 6.45) is 3.78. The summed E-state index contributed by atoms with van der Waals surface area (Å²) in [7, 11) is 0. The molecule has 1 aromatic heterocycles. The van der Waals surface area contributed by atoms with Gasteiger partial charge in [0.05, 0.1) is 12.1 Å². The predicted molar refractivity (Wildman–Crippen MR) is 74.5 cm³/mol. The highest BCUT2D eigenvalue weighted by Crippen LogP contribution is 2.18. The van der Waals surface area contributed by atoms with Crippen molar-refractivity contribution in [1.82, 2.24) is 15.1 Å². The number of nitrogens with one attached hydrogen (secondary N) is 1. The van der Waals surface area contributed by atoms with Crippen molar-refractivity contribution in [2.24, 2.45) is 0 Å². The Morgan fingerprint density at radius 2 is 2.20 bits per heavy atom. The van der Waals surface area contributed by atoms with Crippen LogP contribution >= 0.6 is 0 Å². The Labute approximate surface area is 117 Å². The molecular weight excluding hydrogens is 258 g/mol. The number of aromatic nitrogens is 2. The zero-order valence-corrected chi connectivity index (χ0v) is 11.7. The van der Waals surface area contributed by atoms with Gasteiger partial charge < -0.3 is 10.4 Å². The number of rotatable bonds is 4. The van der Waals surface area contributed by atoms with E-state index in [1.54, 1.807) is 0 Å². The lowest BCUT2D eigenvalue weighted by Gasteiger charge is -2.28. The zero-order chi connectivity index (χ0) is 14.5. The number of aliphatic hydroxyl groups excluding tert-OH is 1. The van der Waals surface area contributed by atoms with Crippen molar-refractivity contribution in [3.05, 3.63) is 28.2 Å². The van der Waals surface area contributed by atoms with Crippen LogP contribution in [0, 0.1) is 0 Å². The predicted octanol–water partition coefficient (Wildman–Crippen LogP) is 0.687. The van der Waals surface area contributed by atoms with Crippen LogP contribution in [0.1, 0.15) is 49.5 Å². The number of hydrogen-bond donors (Lipinski definition) is 2. The van der Waals surface area contributed by atoms with E-state index in [2.05, 4.69) is 10.4 Å². The average molecular weight is 279 g/mol. The third kappa shape index (κ3) is 3.45. The van der Waals surface area contributed by atoms with E-state index in [4.69, 9.17) is 0 Å². The van der Waals surface area contributed by atoms with Crippen LogP contribution < -0.4 is 10.9 Å². The van der Waals surface area contributed by atoms with Crippen LogP contribution in [0.4, 0.5) is 0 Å². The Hall–Kier alpha value is -1.69. The van der Waals surface area contributed by atoms with Gasteiger partial charge in [-0.05, 0) is 25.3 Å². The quantitative estimate of drug-likeness (QED) is 0.849. The molecule has 1 aliphatic carbocycles. The highest BCUT2D eigenvalue weighted by molar-refractivity contribution is 5.92. The van der Waals surface area contributed by atoms with E-state index in [1.165, 1.54) is 16.8 Å². The van der Waals surface area contributed by atoms with Crippen molar-refractivity contribution in [2.45, 2.75) is 57.7 Å². The molecule has 6 nitrogen and oxygen atoms in total.